The number of halogens is 5. The van der Waals surface area contributed by atoms with E-state index in [2.05, 4.69) is 20.6 Å². The van der Waals surface area contributed by atoms with E-state index >= 15 is 4.39 Å². The van der Waals surface area contributed by atoms with Crippen molar-refractivity contribution in [3.63, 3.8) is 0 Å². The van der Waals surface area contributed by atoms with Gasteiger partial charge in [0.15, 0.2) is 17.3 Å². The number of anilines is 1. The number of benzene rings is 1. The number of pyridine rings is 2. The van der Waals surface area contributed by atoms with Gasteiger partial charge in [-0.1, -0.05) is 17.7 Å². The van der Waals surface area contributed by atoms with Gasteiger partial charge >= 0.3 is 12.2 Å². The molecule has 0 radical (unpaired) electrons. The summed E-state index contributed by atoms with van der Waals surface area (Å²) >= 11 is 0. The van der Waals surface area contributed by atoms with Crippen molar-refractivity contribution in [1.29, 1.82) is 0 Å². The number of nitrogens with one attached hydrogen (secondary N) is 2. The summed E-state index contributed by atoms with van der Waals surface area (Å²) in [5.74, 6) is -2.70. The van der Waals surface area contributed by atoms with Crippen LogP contribution in [0.5, 0.6) is 0 Å². The molecule has 2 N–H and O–H groups in total. The molecule has 2 atom stereocenters. The fourth-order valence-electron chi connectivity index (χ4n) is 5.94. The van der Waals surface area contributed by atoms with Crippen molar-refractivity contribution in [3.05, 3.63) is 71.6 Å². The van der Waals surface area contributed by atoms with Crippen LogP contribution in [0.2, 0.25) is 0 Å². The van der Waals surface area contributed by atoms with Gasteiger partial charge in [0, 0.05) is 42.3 Å². The van der Waals surface area contributed by atoms with Crippen molar-refractivity contribution in [2.24, 2.45) is 0 Å². The van der Waals surface area contributed by atoms with E-state index in [1.807, 2.05) is 0 Å². The second-order valence-corrected chi connectivity index (χ2v) is 13.5. The van der Waals surface area contributed by atoms with Gasteiger partial charge in [0.05, 0.1) is 35.6 Å². The first-order valence-corrected chi connectivity index (χ1v) is 16.4. The summed E-state index contributed by atoms with van der Waals surface area (Å²) in [5, 5.41) is 5.60. The van der Waals surface area contributed by atoms with E-state index < -0.39 is 56.5 Å². The first kappa shape index (κ1) is 32.6. The number of carbonyl (C=O) groups excluding carboxylic acids is 1. The van der Waals surface area contributed by atoms with Gasteiger partial charge in [-0.3, -0.25) is 0 Å². The second kappa shape index (κ2) is 12.7. The molecule has 2 amide bonds. The van der Waals surface area contributed by atoms with E-state index in [1.165, 1.54) is 12.1 Å². The molecule has 4 aromatic rings. The molecule has 1 saturated carbocycles. The largest absolute Gasteiger partial charge is 0.418 e. The number of nitrogens with zero attached hydrogens (tertiary/aromatic N) is 4. The number of aromatic nitrogens is 3. The fraction of sp³-hybridized carbons (Fsp3) is 0.387. The Balaban J connectivity index is 1.37. The molecule has 4 heterocycles. The Hall–Kier alpha value is -4.31. The zero-order valence-electron chi connectivity index (χ0n) is 25.2. The molecule has 2 unspecified atom stereocenters. The Morgan fingerprint density at radius 1 is 1.04 bits per heavy atom. The number of amides is 2. The second-order valence-electron chi connectivity index (χ2n) is 11.6. The number of fused-ring (bicyclic) bond motifs is 1. The summed E-state index contributed by atoms with van der Waals surface area (Å²) in [4.78, 5) is 22.1. The molecule has 2 fully saturated rings. The molecule has 10 nitrogen and oxygen atoms in total. The van der Waals surface area contributed by atoms with Crippen molar-refractivity contribution in [2.45, 2.75) is 55.8 Å². The number of alkyl halides is 3. The molecule has 1 aliphatic heterocycles. The smallest absolute Gasteiger partial charge is 0.378 e. The van der Waals surface area contributed by atoms with Crippen LogP contribution in [0, 0.1) is 18.6 Å². The lowest BCUT2D eigenvalue weighted by Gasteiger charge is -2.33. The minimum atomic E-state index is -5.10. The van der Waals surface area contributed by atoms with Gasteiger partial charge in [-0.25, -0.2) is 35.9 Å². The maximum atomic E-state index is 15.3. The highest BCUT2D eigenvalue weighted by Crippen LogP contribution is 2.41. The monoisotopic (exact) mass is 678 g/mol. The van der Waals surface area contributed by atoms with Crippen LogP contribution in [0.3, 0.4) is 0 Å². The maximum Gasteiger partial charge on any atom is 0.418 e. The maximum absolute atomic E-state index is 15.3. The van der Waals surface area contributed by atoms with Crippen LogP contribution in [0.4, 0.5) is 32.6 Å². The molecule has 1 aliphatic carbocycles. The summed E-state index contributed by atoms with van der Waals surface area (Å²) < 4.78 is 106. The number of hydrogen-bond donors (Lipinski definition) is 2. The van der Waals surface area contributed by atoms with E-state index in [9.17, 15) is 30.8 Å². The van der Waals surface area contributed by atoms with Crippen LogP contribution in [0.1, 0.15) is 36.8 Å². The molecule has 1 aromatic carbocycles. The summed E-state index contributed by atoms with van der Waals surface area (Å²) in [6.45, 7) is 3.52. The Morgan fingerprint density at radius 3 is 2.45 bits per heavy atom. The molecule has 3 aromatic heterocycles. The summed E-state index contributed by atoms with van der Waals surface area (Å²) in [5.41, 5.74) is -2.24. The number of aryl methyl sites for hydroxylation is 1. The lowest BCUT2D eigenvalue weighted by molar-refractivity contribution is -0.137. The minimum absolute atomic E-state index is 0.171. The van der Waals surface area contributed by atoms with Crippen molar-refractivity contribution in [1.82, 2.24) is 24.2 Å². The number of morpholine rings is 1. The molecule has 47 heavy (non-hydrogen) atoms. The predicted molar refractivity (Wildman–Crippen MR) is 162 cm³/mol. The third-order valence-electron chi connectivity index (χ3n) is 8.33. The third-order valence-corrected chi connectivity index (χ3v) is 10.00. The predicted octanol–water partition coefficient (Wildman–Crippen LogP) is 5.71. The van der Waals surface area contributed by atoms with Crippen LogP contribution < -0.4 is 10.6 Å². The molecule has 6 rings (SSSR count). The standard InChI is InChI=1S/C31H31F5N6O4S/c1-18-5-7-22(8-6-18)47(44,45)42-17-24(23-13-19(32)16-37-29(23)42)27-25(31(34,35)36)15-26(33)28(40-27)38-20-3-2-4-21(14-20)39-30(43)41-9-11-46-12-10-41/h5-8,13,15-17,20-21H,2-4,9-12,14H2,1H3,(H,38,40)(H,39,43). The van der Waals surface area contributed by atoms with Gasteiger partial charge in [-0.15, -0.1) is 0 Å². The van der Waals surface area contributed by atoms with E-state index in [0.29, 0.717) is 56.0 Å². The average Bonchev–Trinajstić information content (AvgIpc) is 3.41. The highest BCUT2D eigenvalue weighted by molar-refractivity contribution is 7.90. The highest BCUT2D eigenvalue weighted by Gasteiger charge is 2.38. The molecule has 16 heteroatoms. The number of urea groups is 1. The summed E-state index contributed by atoms with van der Waals surface area (Å²) in [7, 11) is -4.41. The summed E-state index contributed by atoms with van der Waals surface area (Å²) in [6.07, 6.45) is -1.26. The first-order chi connectivity index (χ1) is 22.3. The first-order valence-electron chi connectivity index (χ1n) is 15.0. The lowest BCUT2D eigenvalue weighted by Crippen LogP contribution is -2.51. The minimum Gasteiger partial charge on any atom is -0.378 e. The van der Waals surface area contributed by atoms with Gasteiger partial charge in [-0.2, -0.15) is 13.2 Å². The molecule has 1 saturated heterocycles. The molecule has 0 spiro atoms. The van der Waals surface area contributed by atoms with E-state index in [1.54, 1.807) is 24.0 Å². The van der Waals surface area contributed by atoms with Crippen LogP contribution in [0.25, 0.3) is 22.3 Å². The fourth-order valence-corrected chi connectivity index (χ4v) is 7.26. The van der Waals surface area contributed by atoms with Crippen molar-refractivity contribution >= 4 is 32.9 Å². The SMILES string of the molecule is Cc1ccc(S(=O)(=O)n2cc(-c3nc(NC4CCCC(NC(=O)N5CCOCC5)C4)c(F)cc3C(F)(F)F)c3cc(F)cnc32)cc1. The van der Waals surface area contributed by atoms with Gasteiger partial charge in [0.1, 0.15) is 5.82 Å². The van der Waals surface area contributed by atoms with Crippen LogP contribution in [-0.2, 0) is 20.9 Å². The van der Waals surface area contributed by atoms with Crippen molar-refractivity contribution in [2.75, 3.05) is 31.6 Å². The Labute approximate surface area is 267 Å². The number of rotatable bonds is 6. The lowest BCUT2D eigenvalue weighted by atomic mass is 9.91. The zero-order valence-corrected chi connectivity index (χ0v) is 26.0. The van der Waals surface area contributed by atoms with E-state index in [4.69, 9.17) is 4.74 Å². The molecular weight excluding hydrogens is 647 g/mol. The quantitative estimate of drug-likeness (QED) is 0.251. The molecular formula is C31H31F5N6O4S. The van der Waals surface area contributed by atoms with Crippen LogP contribution >= 0.6 is 0 Å². The highest BCUT2D eigenvalue weighted by atomic mass is 32.2. The number of ether oxygens (including phenoxy) is 1. The zero-order chi connectivity index (χ0) is 33.5. The Morgan fingerprint density at radius 2 is 1.74 bits per heavy atom. The molecule has 2 aliphatic rings. The van der Waals surface area contributed by atoms with E-state index in [0.717, 1.165) is 24.0 Å². The van der Waals surface area contributed by atoms with Crippen LogP contribution in [0.15, 0.2) is 53.7 Å². The molecule has 250 valence electrons. The van der Waals surface area contributed by atoms with Crippen molar-refractivity contribution in [3.8, 4) is 11.3 Å². The topological polar surface area (TPSA) is 118 Å². The van der Waals surface area contributed by atoms with Gasteiger partial charge in [-0.05, 0) is 56.9 Å². The third kappa shape index (κ3) is 6.74. The number of carbonyl (C=O) groups is 1. The Kier molecular flexibility index (Phi) is 8.82. The summed E-state index contributed by atoms with van der Waals surface area (Å²) in [6, 6.07) is 5.95. The normalized spacial score (nSPS) is 19.1. The van der Waals surface area contributed by atoms with Crippen LogP contribution in [-0.4, -0.2) is 71.7 Å². The number of hydrogen-bond acceptors (Lipinski definition) is 7. The van der Waals surface area contributed by atoms with Gasteiger partial charge in [0.2, 0.25) is 0 Å². The van der Waals surface area contributed by atoms with E-state index in [-0.39, 0.29) is 34.1 Å². The average molecular weight is 679 g/mol. The molecule has 0 bridgehead atoms. The van der Waals surface area contributed by atoms with Gasteiger partial charge < -0.3 is 20.3 Å². The van der Waals surface area contributed by atoms with Gasteiger partial charge in [0.25, 0.3) is 10.0 Å². The Bertz CT molecular complexity index is 1910. The van der Waals surface area contributed by atoms with Crippen molar-refractivity contribution < 1.29 is 39.9 Å².